The van der Waals surface area contributed by atoms with E-state index in [-0.39, 0.29) is 0 Å². The topological polar surface area (TPSA) is 9.23 Å². The normalized spacial score (nSPS) is 17.3. The van der Waals surface area contributed by atoms with Crippen molar-refractivity contribution < 1.29 is 4.74 Å². The van der Waals surface area contributed by atoms with Crippen molar-refractivity contribution in [3.8, 4) is 5.75 Å². The van der Waals surface area contributed by atoms with Gasteiger partial charge in [0.05, 0.1) is 7.11 Å². The molecule has 0 spiro atoms. The number of hydrogen-bond acceptors (Lipinski definition) is 1. The maximum Gasteiger partial charge on any atom is 0.119 e. The molecule has 0 fully saturated rings. The van der Waals surface area contributed by atoms with Gasteiger partial charge in [-0.25, -0.2) is 0 Å². The van der Waals surface area contributed by atoms with Crippen molar-refractivity contribution in [1.82, 2.24) is 0 Å². The van der Waals surface area contributed by atoms with Gasteiger partial charge in [-0.15, -0.1) is 0 Å². The third-order valence-corrected chi connectivity index (χ3v) is 4.33. The molecule has 19 heavy (non-hydrogen) atoms. The van der Waals surface area contributed by atoms with Crippen LogP contribution in [-0.2, 0) is 6.42 Å². The van der Waals surface area contributed by atoms with Crippen LogP contribution in [0.15, 0.2) is 36.4 Å². The van der Waals surface area contributed by atoms with E-state index in [2.05, 4.69) is 12.1 Å². The van der Waals surface area contributed by atoms with Crippen molar-refractivity contribution in [2.75, 3.05) is 7.11 Å². The van der Waals surface area contributed by atoms with Crippen LogP contribution in [0.1, 0.15) is 29.0 Å². The number of methoxy groups -OCH3 is 1. The summed E-state index contributed by atoms with van der Waals surface area (Å²) in [7, 11) is 1.70. The van der Waals surface area contributed by atoms with Gasteiger partial charge in [0.1, 0.15) is 5.75 Å². The Kier molecular flexibility index (Phi) is 3.42. The van der Waals surface area contributed by atoms with E-state index >= 15 is 0 Å². The first-order valence-corrected chi connectivity index (χ1v) is 7.06. The van der Waals surface area contributed by atoms with Gasteiger partial charge < -0.3 is 4.74 Å². The number of halogens is 2. The summed E-state index contributed by atoms with van der Waals surface area (Å²) >= 11 is 12.3. The van der Waals surface area contributed by atoms with E-state index in [1.807, 2.05) is 24.3 Å². The van der Waals surface area contributed by atoms with E-state index in [0.29, 0.717) is 10.9 Å². The Bertz CT molecular complexity index is 622. The van der Waals surface area contributed by atoms with E-state index in [1.165, 1.54) is 11.1 Å². The Morgan fingerprint density at radius 2 is 1.89 bits per heavy atom. The number of fused-ring (bicyclic) bond motifs is 1. The van der Waals surface area contributed by atoms with E-state index in [4.69, 9.17) is 27.9 Å². The minimum atomic E-state index is 0.342. The number of benzene rings is 2. The van der Waals surface area contributed by atoms with Crippen LogP contribution >= 0.6 is 23.2 Å². The van der Waals surface area contributed by atoms with Crippen LogP contribution in [0.25, 0.3) is 0 Å². The largest absolute Gasteiger partial charge is 0.497 e. The van der Waals surface area contributed by atoms with Gasteiger partial charge in [-0.1, -0.05) is 35.3 Å². The number of hydrogen-bond donors (Lipinski definition) is 0. The lowest BCUT2D eigenvalue weighted by molar-refractivity contribution is 0.414. The van der Waals surface area contributed by atoms with E-state index in [0.717, 1.165) is 29.2 Å². The van der Waals surface area contributed by atoms with Crippen LogP contribution in [0, 0.1) is 0 Å². The quantitative estimate of drug-likeness (QED) is 0.750. The number of aryl methyl sites for hydroxylation is 1. The minimum Gasteiger partial charge on any atom is -0.497 e. The molecular formula is C16H14Cl2O. The molecule has 1 nitrogen and oxygen atoms in total. The van der Waals surface area contributed by atoms with Crippen LogP contribution in [0.2, 0.25) is 10.0 Å². The summed E-state index contributed by atoms with van der Waals surface area (Å²) < 4.78 is 5.32. The van der Waals surface area contributed by atoms with Gasteiger partial charge in [0.15, 0.2) is 0 Å². The summed E-state index contributed by atoms with van der Waals surface area (Å²) in [5.41, 5.74) is 3.86. The predicted octanol–water partition coefficient (Wildman–Crippen LogP) is 5.08. The fourth-order valence-corrected chi connectivity index (χ4v) is 3.35. The third kappa shape index (κ3) is 2.33. The van der Waals surface area contributed by atoms with Gasteiger partial charge in [-0.2, -0.15) is 0 Å². The average molecular weight is 293 g/mol. The molecule has 0 saturated heterocycles. The van der Waals surface area contributed by atoms with Crippen molar-refractivity contribution in [2.45, 2.75) is 18.8 Å². The van der Waals surface area contributed by atoms with E-state index in [1.54, 1.807) is 7.11 Å². The summed E-state index contributed by atoms with van der Waals surface area (Å²) in [6.45, 7) is 0. The molecule has 0 radical (unpaired) electrons. The molecule has 0 N–H and O–H groups in total. The molecule has 0 aliphatic heterocycles. The predicted molar refractivity (Wildman–Crippen MR) is 79.6 cm³/mol. The minimum absolute atomic E-state index is 0.342. The molecule has 1 aliphatic carbocycles. The Labute approximate surface area is 123 Å². The van der Waals surface area contributed by atoms with Crippen molar-refractivity contribution >= 4 is 23.2 Å². The first-order chi connectivity index (χ1) is 9.19. The fraction of sp³-hybridized carbons (Fsp3) is 0.250. The lowest BCUT2D eigenvalue weighted by Crippen LogP contribution is -1.98. The molecule has 0 bridgehead atoms. The fourth-order valence-electron chi connectivity index (χ4n) is 2.81. The zero-order valence-electron chi connectivity index (χ0n) is 10.6. The number of ether oxygens (including phenoxy) is 1. The van der Waals surface area contributed by atoms with Gasteiger partial charge in [-0.3, -0.25) is 0 Å². The second-order valence-electron chi connectivity index (χ2n) is 4.82. The first kappa shape index (κ1) is 12.8. The molecule has 98 valence electrons. The zero-order valence-corrected chi connectivity index (χ0v) is 12.1. The monoisotopic (exact) mass is 292 g/mol. The smallest absolute Gasteiger partial charge is 0.119 e. The molecule has 3 heteroatoms. The van der Waals surface area contributed by atoms with Gasteiger partial charge in [0.25, 0.3) is 0 Å². The molecule has 1 aliphatic rings. The second-order valence-corrected chi connectivity index (χ2v) is 5.67. The highest BCUT2D eigenvalue weighted by Crippen LogP contribution is 2.42. The molecule has 0 heterocycles. The SMILES string of the molecule is COc1ccc2c(c1)C(c1ccc(Cl)cc1Cl)CC2. The van der Waals surface area contributed by atoms with Crippen molar-refractivity contribution in [2.24, 2.45) is 0 Å². The molecule has 3 rings (SSSR count). The van der Waals surface area contributed by atoms with Crippen LogP contribution in [-0.4, -0.2) is 7.11 Å². The van der Waals surface area contributed by atoms with Crippen molar-refractivity contribution in [3.63, 3.8) is 0 Å². The second kappa shape index (κ2) is 5.07. The van der Waals surface area contributed by atoms with E-state index in [9.17, 15) is 0 Å². The van der Waals surface area contributed by atoms with E-state index < -0.39 is 0 Å². The van der Waals surface area contributed by atoms with Crippen molar-refractivity contribution in [3.05, 3.63) is 63.1 Å². The number of rotatable bonds is 2. The Balaban J connectivity index is 2.05. The van der Waals surface area contributed by atoms with Gasteiger partial charge in [0, 0.05) is 16.0 Å². The molecule has 0 amide bonds. The van der Waals surface area contributed by atoms with Gasteiger partial charge >= 0.3 is 0 Å². The highest BCUT2D eigenvalue weighted by atomic mass is 35.5. The van der Waals surface area contributed by atoms with Crippen LogP contribution in [0.5, 0.6) is 5.75 Å². The lowest BCUT2D eigenvalue weighted by Gasteiger charge is -2.15. The van der Waals surface area contributed by atoms with Crippen LogP contribution in [0.3, 0.4) is 0 Å². The standard InChI is InChI=1S/C16H14Cl2O/c1-19-12-5-2-10-3-6-13(15(10)9-12)14-7-4-11(17)8-16(14)18/h2,4-5,7-9,13H,3,6H2,1H3. The van der Waals surface area contributed by atoms with Crippen LogP contribution in [0.4, 0.5) is 0 Å². The molecule has 1 atom stereocenters. The Morgan fingerprint density at radius 1 is 1.05 bits per heavy atom. The summed E-state index contributed by atoms with van der Waals surface area (Å²) in [5, 5.41) is 1.42. The highest BCUT2D eigenvalue weighted by molar-refractivity contribution is 6.35. The van der Waals surface area contributed by atoms with Crippen molar-refractivity contribution in [1.29, 1.82) is 0 Å². The zero-order chi connectivity index (χ0) is 13.4. The molecule has 0 aromatic heterocycles. The summed E-state index contributed by atoms with van der Waals surface area (Å²) in [5.74, 6) is 1.24. The van der Waals surface area contributed by atoms with Crippen LogP contribution < -0.4 is 4.74 Å². The van der Waals surface area contributed by atoms with Gasteiger partial charge in [-0.05, 0) is 53.8 Å². The summed E-state index contributed by atoms with van der Waals surface area (Å²) in [4.78, 5) is 0. The molecule has 0 saturated carbocycles. The molecule has 2 aromatic carbocycles. The summed E-state index contributed by atoms with van der Waals surface area (Å²) in [6.07, 6.45) is 2.17. The van der Waals surface area contributed by atoms with Gasteiger partial charge in [0.2, 0.25) is 0 Å². The summed E-state index contributed by atoms with van der Waals surface area (Å²) in [6, 6.07) is 12.0. The first-order valence-electron chi connectivity index (χ1n) is 6.31. The average Bonchev–Trinajstić information content (AvgIpc) is 2.81. The lowest BCUT2D eigenvalue weighted by atomic mass is 9.93. The molecule has 1 unspecified atom stereocenters. The maximum absolute atomic E-state index is 6.33. The molecule has 2 aromatic rings. The Hall–Kier alpha value is -1.18. The Morgan fingerprint density at radius 3 is 2.63 bits per heavy atom. The maximum atomic E-state index is 6.33. The highest BCUT2D eigenvalue weighted by Gasteiger charge is 2.26. The third-order valence-electron chi connectivity index (χ3n) is 3.77. The molecular weight excluding hydrogens is 279 g/mol.